The van der Waals surface area contributed by atoms with Crippen LogP contribution in [0.5, 0.6) is 0 Å². The average Bonchev–Trinajstić information content (AvgIpc) is 2.26. The summed E-state index contributed by atoms with van der Waals surface area (Å²) in [7, 11) is 0. The van der Waals surface area contributed by atoms with E-state index in [1.54, 1.807) is 17.8 Å². The smallest absolute Gasteiger partial charge is 0.140 e. The quantitative estimate of drug-likeness (QED) is 0.518. The first-order chi connectivity index (χ1) is 8.54. The second-order valence-electron chi connectivity index (χ2n) is 3.73. The molecule has 0 atom stereocenters. The minimum absolute atomic E-state index is 0.481. The molecule has 0 fully saturated rings. The lowest BCUT2D eigenvalue weighted by atomic mass is 10.3. The Balaban J connectivity index is 2.11. The lowest BCUT2D eigenvalue weighted by Gasteiger charge is -2.05. The number of aryl methyl sites for hydroxylation is 1. The van der Waals surface area contributed by atoms with Gasteiger partial charge in [-0.05, 0) is 47.1 Å². The summed E-state index contributed by atoms with van der Waals surface area (Å²) in [6.07, 6.45) is 0. The van der Waals surface area contributed by atoms with E-state index < -0.39 is 0 Å². The summed E-state index contributed by atoms with van der Waals surface area (Å²) in [5, 5.41) is 0.481. The van der Waals surface area contributed by atoms with E-state index in [-0.39, 0.29) is 0 Å². The van der Waals surface area contributed by atoms with Crippen molar-refractivity contribution in [2.24, 2.45) is 0 Å². The molecule has 6 heteroatoms. The third-order valence-corrected chi connectivity index (χ3v) is 4.36. The summed E-state index contributed by atoms with van der Waals surface area (Å²) < 4.78 is 0.978. The summed E-state index contributed by atoms with van der Waals surface area (Å²) in [5.74, 6) is 1.40. The van der Waals surface area contributed by atoms with Gasteiger partial charge < -0.3 is 5.73 Å². The summed E-state index contributed by atoms with van der Waals surface area (Å²) in [5.41, 5.74) is 7.31. The van der Waals surface area contributed by atoms with Gasteiger partial charge in [-0.3, -0.25) is 0 Å². The number of hydrogen-bond donors (Lipinski definition) is 1. The molecule has 0 radical (unpaired) electrons. The Morgan fingerprint density at radius 1 is 1.33 bits per heavy atom. The second kappa shape index (κ2) is 5.91. The molecule has 2 rings (SSSR count). The maximum Gasteiger partial charge on any atom is 0.140 e. The number of hydrogen-bond acceptors (Lipinski definition) is 4. The van der Waals surface area contributed by atoms with Crippen LogP contribution in [-0.2, 0) is 5.75 Å². The molecule has 94 valence electrons. The molecule has 0 aliphatic rings. The van der Waals surface area contributed by atoms with Crippen LogP contribution in [-0.4, -0.2) is 9.97 Å². The molecule has 0 bridgehead atoms. The summed E-state index contributed by atoms with van der Waals surface area (Å²) in [6.45, 7) is 1.90. The van der Waals surface area contributed by atoms with Gasteiger partial charge in [-0.1, -0.05) is 11.6 Å². The van der Waals surface area contributed by atoms with E-state index in [0.717, 1.165) is 26.6 Å². The fourth-order valence-corrected chi connectivity index (χ4v) is 3.20. The molecule has 0 spiro atoms. The van der Waals surface area contributed by atoms with Crippen LogP contribution in [0.4, 0.5) is 5.69 Å². The van der Waals surface area contributed by atoms with Crippen molar-refractivity contribution in [2.75, 3.05) is 5.73 Å². The van der Waals surface area contributed by atoms with Gasteiger partial charge in [0.2, 0.25) is 0 Å². The van der Waals surface area contributed by atoms with E-state index in [1.807, 2.05) is 25.1 Å². The Hall–Kier alpha value is -0.780. The zero-order chi connectivity index (χ0) is 13.1. The van der Waals surface area contributed by atoms with Crippen LogP contribution in [0.3, 0.4) is 0 Å². The van der Waals surface area contributed by atoms with Crippen molar-refractivity contribution in [3.63, 3.8) is 0 Å². The van der Waals surface area contributed by atoms with Crippen LogP contribution in [0.25, 0.3) is 0 Å². The van der Waals surface area contributed by atoms with Gasteiger partial charge in [0.1, 0.15) is 11.0 Å². The minimum atomic E-state index is 0.481. The highest BCUT2D eigenvalue weighted by molar-refractivity contribution is 9.10. The highest BCUT2D eigenvalue weighted by atomic mass is 79.9. The van der Waals surface area contributed by atoms with E-state index in [2.05, 4.69) is 25.9 Å². The maximum absolute atomic E-state index is 5.90. The molecule has 0 amide bonds. The number of halogens is 2. The van der Waals surface area contributed by atoms with Gasteiger partial charge in [0.15, 0.2) is 0 Å². The monoisotopic (exact) mass is 343 g/mol. The molecule has 2 N–H and O–H groups in total. The van der Waals surface area contributed by atoms with Gasteiger partial charge in [0, 0.05) is 20.7 Å². The zero-order valence-electron chi connectivity index (χ0n) is 9.65. The molecule has 0 saturated carbocycles. The molecule has 1 aromatic heterocycles. The van der Waals surface area contributed by atoms with Gasteiger partial charge in [-0.15, -0.1) is 11.8 Å². The van der Waals surface area contributed by atoms with Crippen molar-refractivity contribution in [3.05, 3.63) is 45.4 Å². The Labute approximate surface area is 123 Å². The van der Waals surface area contributed by atoms with Gasteiger partial charge in [0.05, 0.1) is 5.75 Å². The summed E-state index contributed by atoms with van der Waals surface area (Å²) in [6, 6.07) is 7.47. The Kier molecular flexibility index (Phi) is 4.48. The minimum Gasteiger partial charge on any atom is -0.399 e. The first-order valence-corrected chi connectivity index (χ1v) is 7.38. The normalized spacial score (nSPS) is 10.6. The molecule has 0 saturated heterocycles. The van der Waals surface area contributed by atoms with Gasteiger partial charge in [-0.2, -0.15) is 0 Å². The van der Waals surface area contributed by atoms with Crippen molar-refractivity contribution in [2.45, 2.75) is 17.6 Å². The van der Waals surface area contributed by atoms with E-state index in [9.17, 15) is 0 Å². The molecule has 3 nitrogen and oxygen atoms in total. The fourth-order valence-electron chi connectivity index (χ4n) is 1.43. The van der Waals surface area contributed by atoms with Crippen LogP contribution >= 0.6 is 39.3 Å². The maximum atomic E-state index is 5.90. The van der Waals surface area contributed by atoms with Gasteiger partial charge >= 0.3 is 0 Å². The van der Waals surface area contributed by atoms with Crippen molar-refractivity contribution in [3.8, 4) is 0 Å². The molecule has 1 aromatic carbocycles. The number of aromatic nitrogens is 2. The predicted octanol–water partition coefficient (Wildman–Crippen LogP) is 4.08. The molecule has 0 aliphatic carbocycles. The van der Waals surface area contributed by atoms with Crippen LogP contribution in [0.2, 0.25) is 5.15 Å². The van der Waals surface area contributed by atoms with E-state index >= 15 is 0 Å². The van der Waals surface area contributed by atoms with Gasteiger partial charge in [-0.25, -0.2) is 9.97 Å². The van der Waals surface area contributed by atoms with Crippen molar-refractivity contribution < 1.29 is 0 Å². The first-order valence-electron chi connectivity index (χ1n) is 5.22. The number of nitrogens with two attached hydrogens (primary N) is 1. The Bertz CT molecular complexity index is 557. The first kappa shape index (κ1) is 13.6. The SMILES string of the molecule is Cc1cc(Cl)nc(CSc2ccc(N)cc2Br)n1. The number of nitrogens with zero attached hydrogens (tertiary/aromatic N) is 2. The number of rotatable bonds is 3. The van der Waals surface area contributed by atoms with Crippen LogP contribution < -0.4 is 5.73 Å². The predicted molar refractivity (Wildman–Crippen MR) is 79.9 cm³/mol. The average molecular weight is 345 g/mol. The molecular weight excluding hydrogens is 334 g/mol. The van der Waals surface area contributed by atoms with Crippen LogP contribution in [0.15, 0.2) is 33.6 Å². The summed E-state index contributed by atoms with van der Waals surface area (Å²) in [4.78, 5) is 9.63. The van der Waals surface area contributed by atoms with Crippen LogP contribution in [0, 0.1) is 6.92 Å². The largest absolute Gasteiger partial charge is 0.399 e. The number of thioether (sulfide) groups is 1. The molecule has 0 aliphatic heterocycles. The van der Waals surface area contributed by atoms with Crippen molar-refractivity contribution in [1.29, 1.82) is 0 Å². The number of anilines is 1. The van der Waals surface area contributed by atoms with Crippen molar-refractivity contribution >= 4 is 45.0 Å². The lowest BCUT2D eigenvalue weighted by molar-refractivity contribution is 0.995. The number of nitrogen functional groups attached to an aromatic ring is 1. The van der Waals surface area contributed by atoms with E-state index in [4.69, 9.17) is 17.3 Å². The van der Waals surface area contributed by atoms with E-state index in [0.29, 0.717) is 10.9 Å². The number of benzene rings is 1. The molecule has 18 heavy (non-hydrogen) atoms. The highest BCUT2D eigenvalue weighted by Gasteiger charge is 2.05. The topological polar surface area (TPSA) is 51.8 Å². The fraction of sp³-hybridized carbons (Fsp3) is 0.167. The standard InChI is InChI=1S/C12H11BrClN3S/c1-7-4-11(14)17-12(16-7)6-18-10-3-2-8(15)5-9(10)13/h2-5H,6,15H2,1H3. The highest BCUT2D eigenvalue weighted by Crippen LogP contribution is 2.31. The van der Waals surface area contributed by atoms with Crippen molar-refractivity contribution in [1.82, 2.24) is 9.97 Å². The molecular formula is C12H11BrClN3S. The summed E-state index contributed by atoms with van der Waals surface area (Å²) >= 11 is 11.0. The third kappa shape index (κ3) is 3.60. The molecule has 0 unspecified atom stereocenters. The lowest BCUT2D eigenvalue weighted by Crippen LogP contribution is -1.95. The van der Waals surface area contributed by atoms with Crippen LogP contribution in [0.1, 0.15) is 11.5 Å². The second-order valence-corrected chi connectivity index (χ2v) is 5.99. The Morgan fingerprint density at radius 2 is 2.11 bits per heavy atom. The molecule has 1 heterocycles. The zero-order valence-corrected chi connectivity index (χ0v) is 12.8. The Morgan fingerprint density at radius 3 is 2.78 bits per heavy atom. The molecule has 2 aromatic rings. The van der Waals surface area contributed by atoms with E-state index in [1.165, 1.54) is 0 Å². The third-order valence-electron chi connectivity index (χ3n) is 2.18. The van der Waals surface area contributed by atoms with Gasteiger partial charge in [0.25, 0.3) is 0 Å².